The Balaban J connectivity index is 1.59. The molecule has 0 saturated carbocycles. The van der Waals surface area contributed by atoms with Crippen LogP contribution >= 0.6 is 0 Å². The van der Waals surface area contributed by atoms with Gasteiger partial charge in [0.2, 0.25) is 0 Å². The summed E-state index contributed by atoms with van der Waals surface area (Å²) >= 11 is 0. The summed E-state index contributed by atoms with van der Waals surface area (Å²) in [6.45, 7) is 0. The van der Waals surface area contributed by atoms with E-state index in [9.17, 15) is 23.2 Å². The number of carbonyl (C=O) groups excluding carboxylic acids is 3. The highest BCUT2D eigenvalue weighted by Gasteiger charge is 2.19. The Morgan fingerprint density at radius 1 is 0.759 bits per heavy atom. The minimum absolute atomic E-state index is 0.245. The average molecular weight is 396 g/mol. The highest BCUT2D eigenvalue weighted by molar-refractivity contribution is 6.08. The van der Waals surface area contributed by atoms with E-state index in [0.717, 1.165) is 18.2 Å². The molecule has 2 N–H and O–H groups in total. The molecule has 0 spiro atoms. The molecule has 146 valence electrons. The van der Waals surface area contributed by atoms with E-state index in [4.69, 9.17) is 4.74 Å². The normalized spacial score (nSPS) is 10.1. The molecule has 0 aliphatic rings. The van der Waals surface area contributed by atoms with E-state index < -0.39 is 35.1 Å². The number of ether oxygens (including phenoxy) is 1. The first-order chi connectivity index (χ1) is 13.9. The van der Waals surface area contributed by atoms with E-state index >= 15 is 0 Å². The predicted molar refractivity (Wildman–Crippen MR) is 101 cm³/mol. The second-order valence-electron chi connectivity index (χ2n) is 5.78. The van der Waals surface area contributed by atoms with Crippen LogP contribution in [0.15, 0.2) is 72.8 Å². The number of hydrogen-bond donors (Lipinski definition) is 2. The van der Waals surface area contributed by atoms with Gasteiger partial charge in [-0.25, -0.2) is 18.4 Å². The lowest BCUT2D eigenvalue weighted by Crippen LogP contribution is -2.35. The zero-order chi connectivity index (χ0) is 20.8. The molecule has 3 aromatic rings. The minimum Gasteiger partial charge on any atom is -0.423 e. The van der Waals surface area contributed by atoms with Crippen molar-refractivity contribution in [3.05, 3.63) is 95.6 Å². The third-order valence-corrected chi connectivity index (χ3v) is 3.75. The highest BCUT2D eigenvalue weighted by atomic mass is 19.1. The summed E-state index contributed by atoms with van der Waals surface area (Å²) in [7, 11) is 0. The molecule has 0 radical (unpaired) electrons. The van der Waals surface area contributed by atoms with Gasteiger partial charge in [-0.05, 0) is 48.5 Å². The van der Waals surface area contributed by atoms with Gasteiger partial charge < -0.3 is 10.1 Å². The van der Waals surface area contributed by atoms with Gasteiger partial charge in [0.1, 0.15) is 22.9 Å². The summed E-state index contributed by atoms with van der Waals surface area (Å²) in [6.07, 6.45) is 0. The maximum atomic E-state index is 13.6. The Bertz CT molecular complexity index is 1030. The van der Waals surface area contributed by atoms with E-state index in [1.807, 2.05) is 5.32 Å². The average Bonchev–Trinajstić information content (AvgIpc) is 2.70. The highest BCUT2D eigenvalue weighted by Crippen LogP contribution is 2.17. The van der Waals surface area contributed by atoms with Crippen molar-refractivity contribution < 1.29 is 27.9 Å². The van der Waals surface area contributed by atoms with Gasteiger partial charge in [0, 0.05) is 5.69 Å². The zero-order valence-corrected chi connectivity index (χ0v) is 14.8. The van der Waals surface area contributed by atoms with E-state index in [2.05, 4.69) is 5.32 Å². The number of carbonyl (C=O) groups is 3. The molecule has 29 heavy (non-hydrogen) atoms. The van der Waals surface area contributed by atoms with Gasteiger partial charge >= 0.3 is 12.0 Å². The van der Waals surface area contributed by atoms with Crippen molar-refractivity contribution in [3.63, 3.8) is 0 Å². The van der Waals surface area contributed by atoms with E-state index in [1.165, 1.54) is 24.3 Å². The van der Waals surface area contributed by atoms with Crippen LogP contribution in [0.4, 0.5) is 19.3 Å². The summed E-state index contributed by atoms with van der Waals surface area (Å²) in [5.74, 6) is -3.68. The Labute approximate surface area is 164 Å². The number of imide groups is 1. The third-order valence-electron chi connectivity index (χ3n) is 3.75. The standard InChI is InChI=1S/C21H14F2N2O4/c22-16-7-4-8-17(23)18(16)19(26)25-21(28)24-14-9-11-15(12-10-14)29-20(27)13-5-2-1-3-6-13/h1-12H,(H2,24,25,26,28). The van der Waals surface area contributed by atoms with Crippen molar-refractivity contribution in [3.8, 4) is 5.75 Å². The first kappa shape index (κ1) is 19.7. The molecule has 0 aliphatic heterocycles. The van der Waals surface area contributed by atoms with Crippen molar-refractivity contribution >= 4 is 23.6 Å². The number of benzene rings is 3. The number of hydrogen-bond acceptors (Lipinski definition) is 4. The largest absolute Gasteiger partial charge is 0.423 e. The smallest absolute Gasteiger partial charge is 0.343 e. The number of anilines is 1. The van der Waals surface area contributed by atoms with Crippen LogP contribution in [-0.2, 0) is 0 Å². The maximum absolute atomic E-state index is 13.6. The summed E-state index contributed by atoms with van der Waals surface area (Å²) in [6, 6.07) is 16.1. The predicted octanol–water partition coefficient (Wildman–Crippen LogP) is 4.15. The summed E-state index contributed by atoms with van der Waals surface area (Å²) in [5, 5.41) is 4.18. The van der Waals surface area contributed by atoms with Crippen molar-refractivity contribution in [2.24, 2.45) is 0 Å². The fourth-order valence-corrected chi connectivity index (χ4v) is 2.39. The summed E-state index contributed by atoms with van der Waals surface area (Å²) in [4.78, 5) is 35.8. The van der Waals surface area contributed by atoms with Crippen molar-refractivity contribution in [1.29, 1.82) is 0 Å². The van der Waals surface area contributed by atoms with E-state index in [0.29, 0.717) is 5.56 Å². The van der Waals surface area contributed by atoms with Crippen molar-refractivity contribution in [1.82, 2.24) is 5.32 Å². The molecular formula is C21H14F2N2O4. The Kier molecular flexibility index (Phi) is 5.94. The molecule has 3 aromatic carbocycles. The zero-order valence-electron chi connectivity index (χ0n) is 14.8. The van der Waals surface area contributed by atoms with Gasteiger partial charge in [0.25, 0.3) is 5.91 Å². The van der Waals surface area contributed by atoms with Crippen molar-refractivity contribution in [2.75, 3.05) is 5.32 Å². The fourth-order valence-electron chi connectivity index (χ4n) is 2.39. The van der Waals surface area contributed by atoms with Crippen LogP contribution in [0.3, 0.4) is 0 Å². The van der Waals surface area contributed by atoms with Crippen LogP contribution in [0.1, 0.15) is 20.7 Å². The lowest BCUT2D eigenvalue weighted by molar-refractivity contribution is 0.0734. The van der Waals surface area contributed by atoms with Crippen LogP contribution in [0.2, 0.25) is 0 Å². The lowest BCUT2D eigenvalue weighted by Gasteiger charge is -2.09. The fraction of sp³-hybridized carbons (Fsp3) is 0. The molecule has 0 unspecified atom stereocenters. The van der Waals surface area contributed by atoms with Gasteiger partial charge in [-0.3, -0.25) is 10.1 Å². The number of nitrogens with one attached hydrogen (secondary N) is 2. The Hall–Kier alpha value is -4.07. The van der Waals surface area contributed by atoms with Crippen LogP contribution < -0.4 is 15.4 Å². The molecule has 0 fully saturated rings. The number of rotatable bonds is 4. The van der Waals surface area contributed by atoms with Crippen LogP contribution in [0.25, 0.3) is 0 Å². The van der Waals surface area contributed by atoms with E-state index in [-0.39, 0.29) is 11.4 Å². The number of urea groups is 1. The molecule has 8 heteroatoms. The second-order valence-corrected chi connectivity index (χ2v) is 5.78. The van der Waals surface area contributed by atoms with Crippen LogP contribution in [0, 0.1) is 11.6 Å². The monoisotopic (exact) mass is 396 g/mol. The summed E-state index contributed by atoms with van der Waals surface area (Å²) < 4.78 is 32.4. The molecule has 3 rings (SSSR count). The van der Waals surface area contributed by atoms with Gasteiger partial charge in [-0.1, -0.05) is 24.3 Å². The Morgan fingerprint density at radius 3 is 2.00 bits per heavy atom. The number of amides is 3. The molecular weight excluding hydrogens is 382 g/mol. The molecule has 3 amide bonds. The SMILES string of the molecule is O=C(NC(=O)c1c(F)cccc1F)Nc1ccc(OC(=O)c2ccccc2)cc1. The van der Waals surface area contributed by atoms with Gasteiger partial charge in [-0.2, -0.15) is 0 Å². The number of esters is 1. The number of halogens is 2. The van der Waals surface area contributed by atoms with Gasteiger partial charge in [-0.15, -0.1) is 0 Å². The quantitative estimate of drug-likeness (QED) is 0.513. The van der Waals surface area contributed by atoms with E-state index in [1.54, 1.807) is 30.3 Å². The first-order valence-corrected chi connectivity index (χ1v) is 8.37. The molecule has 0 saturated heterocycles. The molecule has 0 aliphatic carbocycles. The lowest BCUT2D eigenvalue weighted by atomic mass is 10.2. The van der Waals surface area contributed by atoms with Crippen LogP contribution in [-0.4, -0.2) is 17.9 Å². The van der Waals surface area contributed by atoms with Crippen molar-refractivity contribution in [2.45, 2.75) is 0 Å². The molecule has 0 heterocycles. The van der Waals surface area contributed by atoms with Gasteiger partial charge in [0.15, 0.2) is 0 Å². The molecule has 0 atom stereocenters. The molecule has 6 nitrogen and oxygen atoms in total. The Morgan fingerprint density at radius 2 is 1.38 bits per heavy atom. The second kappa shape index (κ2) is 8.75. The van der Waals surface area contributed by atoms with Crippen LogP contribution in [0.5, 0.6) is 5.75 Å². The molecule has 0 bridgehead atoms. The third kappa shape index (κ3) is 5.01. The topological polar surface area (TPSA) is 84.5 Å². The molecule has 0 aromatic heterocycles. The van der Waals surface area contributed by atoms with Gasteiger partial charge in [0.05, 0.1) is 5.56 Å². The maximum Gasteiger partial charge on any atom is 0.343 e. The minimum atomic E-state index is -1.22. The summed E-state index contributed by atoms with van der Waals surface area (Å²) in [5.41, 5.74) is -0.206. The first-order valence-electron chi connectivity index (χ1n) is 8.37.